The predicted molar refractivity (Wildman–Crippen MR) is 86.6 cm³/mol. The first kappa shape index (κ1) is 16.5. The molecule has 21 heavy (non-hydrogen) atoms. The van der Waals surface area contributed by atoms with Crippen LogP contribution in [0.15, 0.2) is 6.07 Å². The summed E-state index contributed by atoms with van der Waals surface area (Å²) in [6, 6.07) is 2.73. The van der Waals surface area contributed by atoms with Crippen molar-refractivity contribution >= 4 is 0 Å². The van der Waals surface area contributed by atoms with Crippen LogP contribution in [0, 0.1) is 0 Å². The maximum absolute atomic E-state index is 5.82. The van der Waals surface area contributed by atoms with Crippen molar-refractivity contribution in [2.75, 3.05) is 13.7 Å². The molecule has 1 atom stereocenters. The average molecular weight is 293 g/mol. The van der Waals surface area contributed by atoms with Gasteiger partial charge in [-0.15, -0.1) is 0 Å². The standard InChI is InChI=1S/C17H31N3O/c1-5-10-18-15(13-17(21-4)8-7-9-17)12-16-11-14(6-2)19-20(16)3/h11,15,18H,5-10,12-13H2,1-4H3. The topological polar surface area (TPSA) is 39.1 Å². The van der Waals surface area contributed by atoms with Gasteiger partial charge in [0.25, 0.3) is 0 Å². The Kier molecular flexibility index (Phi) is 5.82. The summed E-state index contributed by atoms with van der Waals surface area (Å²) in [4.78, 5) is 0. The van der Waals surface area contributed by atoms with Crippen molar-refractivity contribution in [2.24, 2.45) is 7.05 Å². The van der Waals surface area contributed by atoms with Crippen molar-refractivity contribution < 1.29 is 4.74 Å². The van der Waals surface area contributed by atoms with Gasteiger partial charge in [-0.3, -0.25) is 4.68 Å². The number of aryl methyl sites for hydroxylation is 2. The Labute approximate surface area is 129 Å². The number of hydrogen-bond donors (Lipinski definition) is 1. The zero-order chi connectivity index (χ0) is 15.3. The molecule has 4 heteroatoms. The number of methoxy groups -OCH3 is 1. The van der Waals surface area contributed by atoms with Crippen LogP contribution in [0.4, 0.5) is 0 Å². The summed E-state index contributed by atoms with van der Waals surface area (Å²) in [7, 11) is 3.93. The highest BCUT2D eigenvalue weighted by Crippen LogP contribution is 2.39. The molecule has 120 valence electrons. The monoisotopic (exact) mass is 293 g/mol. The van der Waals surface area contributed by atoms with E-state index in [-0.39, 0.29) is 5.60 Å². The van der Waals surface area contributed by atoms with Gasteiger partial charge < -0.3 is 10.1 Å². The van der Waals surface area contributed by atoms with E-state index in [0.29, 0.717) is 6.04 Å². The molecule has 1 heterocycles. The second-order valence-corrected chi connectivity index (χ2v) is 6.40. The van der Waals surface area contributed by atoms with Crippen molar-refractivity contribution in [3.63, 3.8) is 0 Å². The van der Waals surface area contributed by atoms with E-state index >= 15 is 0 Å². The van der Waals surface area contributed by atoms with Gasteiger partial charge >= 0.3 is 0 Å². The lowest BCUT2D eigenvalue weighted by Gasteiger charge is -2.43. The highest BCUT2D eigenvalue weighted by Gasteiger charge is 2.39. The molecule has 0 spiro atoms. The third-order valence-corrected chi connectivity index (χ3v) is 4.84. The SMILES string of the molecule is CCCNC(Cc1cc(CC)nn1C)CC1(OC)CCC1. The van der Waals surface area contributed by atoms with Crippen molar-refractivity contribution in [1.29, 1.82) is 0 Å². The molecule has 0 saturated heterocycles. The molecule has 0 bridgehead atoms. The van der Waals surface area contributed by atoms with E-state index in [4.69, 9.17) is 4.74 Å². The molecule has 1 N–H and O–H groups in total. The van der Waals surface area contributed by atoms with E-state index in [1.807, 2.05) is 11.8 Å². The van der Waals surface area contributed by atoms with Gasteiger partial charge in [0.05, 0.1) is 11.3 Å². The Bertz CT molecular complexity index is 432. The molecule has 1 aliphatic carbocycles. The molecule has 0 amide bonds. The summed E-state index contributed by atoms with van der Waals surface area (Å²) in [6.45, 7) is 5.45. The van der Waals surface area contributed by atoms with Gasteiger partial charge in [-0.25, -0.2) is 0 Å². The zero-order valence-corrected chi connectivity index (χ0v) is 14.1. The molecule has 0 radical (unpaired) electrons. The summed E-state index contributed by atoms with van der Waals surface area (Å²) in [5.41, 5.74) is 2.63. The first-order valence-corrected chi connectivity index (χ1v) is 8.42. The highest BCUT2D eigenvalue weighted by molar-refractivity contribution is 5.12. The fourth-order valence-electron chi connectivity index (χ4n) is 3.26. The van der Waals surface area contributed by atoms with E-state index < -0.39 is 0 Å². The second-order valence-electron chi connectivity index (χ2n) is 6.40. The molecule has 1 aliphatic rings. The summed E-state index contributed by atoms with van der Waals surface area (Å²) in [5, 5.41) is 8.28. The lowest BCUT2D eigenvalue weighted by molar-refractivity contribution is -0.0834. The lowest BCUT2D eigenvalue weighted by atomic mass is 9.75. The van der Waals surface area contributed by atoms with E-state index in [1.54, 1.807) is 0 Å². The molecule has 1 fully saturated rings. The number of nitrogens with one attached hydrogen (secondary N) is 1. The maximum Gasteiger partial charge on any atom is 0.0693 e. The van der Waals surface area contributed by atoms with Gasteiger partial charge in [0, 0.05) is 32.3 Å². The van der Waals surface area contributed by atoms with Crippen LogP contribution in [0.3, 0.4) is 0 Å². The number of aromatic nitrogens is 2. The molecule has 4 nitrogen and oxygen atoms in total. The summed E-state index contributed by atoms with van der Waals surface area (Å²) < 4.78 is 7.86. The van der Waals surface area contributed by atoms with Crippen molar-refractivity contribution in [3.05, 3.63) is 17.5 Å². The van der Waals surface area contributed by atoms with Crippen LogP contribution < -0.4 is 5.32 Å². The van der Waals surface area contributed by atoms with Crippen LogP contribution in [-0.2, 0) is 24.6 Å². The summed E-state index contributed by atoms with van der Waals surface area (Å²) >= 11 is 0. The third-order valence-electron chi connectivity index (χ3n) is 4.84. The van der Waals surface area contributed by atoms with Gasteiger partial charge in [0.1, 0.15) is 0 Å². The smallest absolute Gasteiger partial charge is 0.0693 e. The minimum atomic E-state index is 0.123. The molecule has 1 aromatic heterocycles. The quantitative estimate of drug-likeness (QED) is 0.761. The van der Waals surface area contributed by atoms with Crippen LogP contribution >= 0.6 is 0 Å². The normalized spacial score (nSPS) is 18.5. The van der Waals surface area contributed by atoms with E-state index in [1.165, 1.54) is 37.1 Å². The van der Waals surface area contributed by atoms with Crippen LogP contribution in [0.1, 0.15) is 57.3 Å². The molecule has 2 rings (SSSR count). The molecule has 1 aromatic rings. The molecule has 1 saturated carbocycles. The fourth-order valence-corrected chi connectivity index (χ4v) is 3.26. The first-order chi connectivity index (χ1) is 10.1. The maximum atomic E-state index is 5.82. The molecule has 0 aliphatic heterocycles. The number of rotatable bonds is 9. The molecule has 0 aromatic carbocycles. The minimum absolute atomic E-state index is 0.123. The van der Waals surface area contributed by atoms with Gasteiger partial charge in [-0.1, -0.05) is 13.8 Å². The van der Waals surface area contributed by atoms with Crippen LogP contribution in [0.2, 0.25) is 0 Å². The van der Waals surface area contributed by atoms with Gasteiger partial charge in [0.15, 0.2) is 0 Å². The Hall–Kier alpha value is -0.870. The van der Waals surface area contributed by atoms with Crippen LogP contribution in [0.25, 0.3) is 0 Å². The molecule has 1 unspecified atom stereocenters. The number of ether oxygens (including phenoxy) is 1. The molecular weight excluding hydrogens is 262 g/mol. The van der Waals surface area contributed by atoms with Crippen LogP contribution in [-0.4, -0.2) is 35.1 Å². The van der Waals surface area contributed by atoms with E-state index in [2.05, 4.69) is 37.4 Å². The highest BCUT2D eigenvalue weighted by atomic mass is 16.5. The fraction of sp³-hybridized carbons (Fsp3) is 0.824. The molecular formula is C17H31N3O. The third kappa shape index (κ3) is 4.07. The summed E-state index contributed by atoms with van der Waals surface area (Å²) in [6.07, 6.45) is 8.04. The lowest BCUT2D eigenvalue weighted by Crippen LogP contribution is -2.47. The minimum Gasteiger partial charge on any atom is -0.378 e. The van der Waals surface area contributed by atoms with Crippen molar-refractivity contribution in [2.45, 2.75) is 70.4 Å². The van der Waals surface area contributed by atoms with Gasteiger partial charge in [0.2, 0.25) is 0 Å². The average Bonchev–Trinajstić information content (AvgIpc) is 2.80. The van der Waals surface area contributed by atoms with E-state index in [9.17, 15) is 0 Å². The zero-order valence-electron chi connectivity index (χ0n) is 14.1. The first-order valence-electron chi connectivity index (χ1n) is 8.42. The Morgan fingerprint density at radius 3 is 2.67 bits per heavy atom. The van der Waals surface area contributed by atoms with Crippen LogP contribution in [0.5, 0.6) is 0 Å². The summed E-state index contributed by atoms with van der Waals surface area (Å²) in [5.74, 6) is 0. The number of hydrogen-bond acceptors (Lipinski definition) is 3. The predicted octanol–water partition coefficient (Wildman–Crippen LogP) is 2.85. The Morgan fingerprint density at radius 1 is 1.43 bits per heavy atom. The Balaban J connectivity index is 2.02. The number of nitrogens with zero attached hydrogens (tertiary/aromatic N) is 2. The Morgan fingerprint density at radius 2 is 2.19 bits per heavy atom. The van der Waals surface area contributed by atoms with Crippen molar-refractivity contribution in [1.82, 2.24) is 15.1 Å². The second kappa shape index (κ2) is 7.41. The largest absolute Gasteiger partial charge is 0.378 e. The van der Waals surface area contributed by atoms with Gasteiger partial charge in [-0.05, 0) is 51.1 Å². The van der Waals surface area contributed by atoms with Crippen molar-refractivity contribution in [3.8, 4) is 0 Å². The van der Waals surface area contributed by atoms with E-state index in [0.717, 1.165) is 25.8 Å². The van der Waals surface area contributed by atoms with Gasteiger partial charge in [-0.2, -0.15) is 5.10 Å².